The van der Waals surface area contributed by atoms with Gasteiger partial charge in [-0.3, -0.25) is 14.8 Å². The number of fused-ring (bicyclic) bond motifs is 1. The zero-order valence-electron chi connectivity index (χ0n) is 9.48. The van der Waals surface area contributed by atoms with Crippen LogP contribution in [0.15, 0.2) is 40.1 Å². The number of nitrogens with one attached hydrogen (secondary N) is 2. The molecule has 7 heteroatoms. The molecule has 0 saturated heterocycles. The van der Waals surface area contributed by atoms with E-state index in [1.54, 1.807) is 24.3 Å². The van der Waals surface area contributed by atoms with Gasteiger partial charge in [-0.1, -0.05) is 23.7 Å². The van der Waals surface area contributed by atoms with Gasteiger partial charge in [0.05, 0.1) is 11.9 Å². The quantitative estimate of drug-likeness (QED) is 0.700. The lowest BCUT2D eigenvalue weighted by molar-refractivity contribution is 1.04. The molecule has 0 aliphatic rings. The van der Waals surface area contributed by atoms with Gasteiger partial charge in [0.2, 0.25) is 0 Å². The van der Waals surface area contributed by atoms with Crippen LogP contribution in [-0.2, 0) is 0 Å². The Morgan fingerprint density at radius 3 is 2.53 bits per heavy atom. The number of benzene rings is 1. The summed E-state index contributed by atoms with van der Waals surface area (Å²) in [4.78, 5) is 35.5. The summed E-state index contributed by atoms with van der Waals surface area (Å²) in [6.45, 7) is 0. The maximum Gasteiger partial charge on any atom is 0.327 e. The van der Waals surface area contributed by atoms with Crippen molar-refractivity contribution >= 4 is 22.8 Å². The monoisotopic (exact) mass is 274 g/mol. The van der Waals surface area contributed by atoms with Gasteiger partial charge in [-0.15, -0.1) is 0 Å². The number of aromatic nitrogens is 4. The molecule has 0 aliphatic heterocycles. The maximum absolute atomic E-state index is 11.5. The Bertz CT molecular complexity index is 867. The van der Waals surface area contributed by atoms with E-state index in [0.29, 0.717) is 10.7 Å². The van der Waals surface area contributed by atoms with Gasteiger partial charge in [-0.25, -0.2) is 14.8 Å². The molecule has 2 heterocycles. The van der Waals surface area contributed by atoms with E-state index in [1.165, 1.54) is 6.20 Å². The lowest BCUT2D eigenvalue weighted by Crippen LogP contribution is -2.23. The van der Waals surface area contributed by atoms with Crippen LogP contribution in [0.4, 0.5) is 0 Å². The minimum absolute atomic E-state index is 0.0947. The minimum atomic E-state index is -0.611. The van der Waals surface area contributed by atoms with Gasteiger partial charge < -0.3 is 0 Å². The highest BCUT2D eigenvalue weighted by molar-refractivity contribution is 6.30. The number of halogens is 1. The number of nitrogens with zero attached hydrogens (tertiary/aromatic N) is 2. The van der Waals surface area contributed by atoms with E-state index in [2.05, 4.69) is 19.9 Å². The molecule has 3 rings (SSSR count). The summed E-state index contributed by atoms with van der Waals surface area (Å²) in [6.07, 6.45) is 1.47. The smallest absolute Gasteiger partial charge is 0.290 e. The highest BCUT2D eigenvalue weighted by Crippen LogP contribution is 2.19. The van der Waals surface area contributed by atoms with Crippen LogP contribution in [0.5, 0.6) is 0 Å². The van der Waals surface area contributed by atoms with Crippen molar-refractivity contribution in [1.29, 1.82) is 0 Å². The standard InChI is InChI=1S/C12H7ClN4O2/c13-7-3-1-6(2-4-7)8-5-14-9-10(15-8)16-12(19)17-11(9)18/h1-5H,(H2,15,16,17,18,19). The lowest BCUT2D eigenvalue weighted by Gasteiger charge is -2.01. The molecule has 6 nitrogen and oxygen atoms in total. The van der Waals surface area contributed by atoms with Crippen LogP contribution in [0, 0.1) is 0 Å². The average Bonchev–Trinajstić information content (AvgIpc) is 2.38. The molecular formula is C12H7ClN4O2. The van der Waals surface area contributed by atoms with E-state index in [-0.39, 0.29) is 11.2 Å². The Kier molecular flexibility index (Phi) is 2.64. The molecule has 0 unspecified atom stereocenters. The predicted molar refractivity (Wildman–Crippen MR) is 71.2 cm³/mol. The van der Waals surface area contributed by atoms with Gasteiger partial charge in [-0.05, 0) is 12.1 Å². The Hall–Kier alpha value is -2.47. The number of hydrogen-bond donors (Lipinski definition) is 2. The first-order chi connectivity index (χ1) is 9.13. The van der Waals surface area contributed by atoms with Crippen molar-refractivity contribution < 1.29 is 0 Å². The van der Waals surface area contributed by atoms with Gasteiger partial charge in [0.15, 0.2) is 11.2 Å². The molecule has 0 amide bonds. The summed E-state index contributed by atoms with van der Waals surface area (Å²) in [5.74, 6) is 0. The van der Waals surface area contributed by atoms with Gasteiger partial charge >= 0.3 is 5.69 Å². The normalized spacial score (nSPS) is 10.8. The van der Waals surface area contributed by atoms with Crippen LogP contribution in [0.1, 0.15) is 0 Å². The fourth-order valence-electron chi connectivity index (χ4n) is 1.70. The third kappa shape index (κ3) is 2.13. The largest absolute Gasteiger partial charge is 0.327 e. The number of hydrogen-bond acceptors (Lipinski definition) is 4. The number of aromatic amines is 2. The van der Waals surface area contributed by atoms with Crippen molar-refractivity contribution in [3.8, 4) is 11.3 Å². The molecule has 0 saturated carbocycles. The van der Waals surface area contributed by atoms with Gasteiger partial charge in [0, 0.05) is 10.6 Å². The van der Waals surface area contributed by atoms with Crippen LogP contribution < -0.4 is 11.2 Å². The molecule has 94 valence electrons. The first-order valence-electron chi connectivity index (χ1n) is 5.39. The van der Waals surface area contributed by atoms with E-state index >= 15 is 0 Å². The summed E-state index contributed by atoms with van der Waals surface area (Å²) in [5.41, 5.74) is 0.415. The van der Waals surface area contributed by atoms with Gasteiger partial charge in [-0.2, -0.15) is 0 Å². The van der Waals surface area contributed by atoms with Crippen LogP contribution in [0.3, 0.4) is 0 Å². The second kappa shape index (κ2) is 4.33. The molecule has 0 aliphatic carbocycles. The first-order valence-corrected chi connectivity index (χ1v) is 5.76. The Labute approximate surface area is 111 Å². The van der Waals surface area contributed by atoms with E-state index in [4.69, 9.17) is 11.6 Å². The molecule has 19 heavy (non-hydrogen) atoms. The van der Waals surface area contributed by atoms with E-state index < -0.39 is 11.2 Å². The molecule has 1 aromatic carbocycles. The fourth-order valence-corrected chi connectivity index (χ4v) is 1.83. The summed E-state index contributed by atoms with van der Waals surface area (Å²) in [5, 5.41) is 0.613. The van der Waals surface area contributed by atoms with Crippen molar-refractivity contribution in [3.63, 3.8) is 0 Å². The summed E-state index contributed by atoms with van der Waals surface area (Å²) in [7, 11) is 0. The molecule has 2 N–H and O–H groups in total. The van der Waals surface area contributed by atoms with Crippen molar-refractivity contribution in [2.24, 2.45) is 0 Å². The molecule has 0 radical (unpaired) electrons. The Morgan fingerprint density at radius 2 is 1.79 bits per heavy atom. The van der Waals surface area contributed by atoms with Crippen molar-refractivity contribution in [1.82, 2.24) is 19.9 Å². The average molecular weight is 275 g/mol. The van der Waals surface area contributed by atoms with Crippen LogP contribution in [0.2, 0.25) is 5.02 Å². The molecule has 3 aromatic rings. The molecule has 0 bridgehead atoms. The molecular weight excluding hydrogens is 268 g/mol. The van der Waals surface area contributed by atoms with Crippen molar-refractivity contribution in [3.05, 3.63) is 56.3 Å². The molecule has 0 fully saturated rings. The minimum Gasteiger partial charge on any atom is -0.290 e. The van der Waals surface area contributed by atoms with E-state index in [0.717, 1.165) is 5.56 Å². The van der Waals surface area contributed by atoms with E-state index in [9.17, 15) is 9.59 Å². The van der Waals surface area contributed by atoms with Crippen LogP contribution in [0.25, 0.3) is 22.4 Å². The second-order valence-electron chi connectivity index (χ2n) is 3.87. The highest BCUT2D eigenvalue weighted by atomic mass is 35.5. The van der Waals surface area contributed by atoms with Crippen molar-refractivity contribution in [2.75, 3.05) is 0 Å². The summed E-state index contributed by atoms with van der Waals surface area (Å²) < 4.78 is 0. The second-order valence-corrected chi connectivity index (χ2v) is 4.30. The fraction of sp³-hybridized carbons (Fsp3) is 0. The summed E-state index contributed by atoms with van der Waals surface area (Å²) >= 11 is 5.81. The molecule has 0 atom stereocenters. The van der Waals surface area contributed by atoms with Gasteiger partial charge in [0.1, 0.15) is 0 Å². The Balaban J connectivity index is 2.24. The Morgan fingerprint density at radius 1 is 1.05 bits per heavy atom. The lowest BCUT2D eigenvalue weighted by atomic mass is 10.2. The zero-order valence-corrected chi connectivity index (χ0v) is 10.2. The number of H-pyrrole nitrogens is 2. The van der Waals surface area contributed by atoms with Crippen LogP contribution >= 0.6 is 11.6 Å². The third-order valence-corrected chi connectivity index (χ3v) is 2.84. The van der Waals surface area contributed by atoms with Gasteiger partial charge in [0.25, 0.3) is 5.56 Å². The predicted octanol–water partition coefficient (Wildman–Crippen LogP) is 1.33. The topological polar surface area (TPSA) is 91.5 Å². The molecule has 2 aromatic heterocycles. The van der Waals surface area contributed by atoms with Crippen LogP contribution in [-0.4, -0.2) is 19.9 Å². The SMILES string of the molecule is O=c1[nH]c(=O)c2ncc(-c3ccc(Cl)cc3)nc2[nH]1. The highest BCUT2D eigenvalue weighted by Gasteiger charge is 2.06. The van der Waals surface area contributed by atoms with E-state index in [1.807, 2.05) is 0 Å². The molecule has 0 spiro atoms. The maximum atomic E-state index is 11.5. The summed E-state index contributed by atoms with van der Waals surface area (Å²) in [6, 6.07) is 7.01. The first kappa shape index (κ1) is 11.6. The number of rotatable bonds is 1. The zero-order chi connectivity index (χ0) is 13.4. The van der Waals surface area contributed by atoms with Crippen molar-refractivity contribution in [2.45, 2.75) is 0 Å². The third-order valence-electron chi connectivity index (χ3n) is 2.59.